The molecule has 0 saturated heterocycles. The molecule has 11 heavy (non-hydrogen) atoms. The Balaban J connectivity index is 2.13. The minimum absolute atomic E-state index is 0.438. The van der Waals surface area contributed by atoms with Crippen molar-refractivity contribution in [3.8, 4) is 6.07 Å². The van der Waals surface area contributed by atoms with Crippen molar-refractivity contribution in [3.05, 3.63) is 24.3 Å². The Morgan fingerprint density at radius 1 is 1.55 bits per heavy atom. The van der Waals surface area contributed by atoms with Crippen LogP contribution >= 0.6 is 0 Å². The van der Waals surface area contributed by atoms with Crippen LogP contribution in [0.1, 0.15) is 12.8 Å². The van der Waals surface area contributed by atoms with Gasteiger partial charge in [0.15, 0.2) is 0 Å². The Morgan fingerprint density at radius 2 is 2.45 bits per heavy atom. The van der Waals surface area contributed by atoms with Crippen molar-refractivity contribution in [2.45, 2.75) is 18.9 Å². The molecule has 1 atom stereocenters. The van der Waals surface area contributed by atoms with Crippen molar-refractivity contribution in [1.82, 2.24) is 5.32 Å². The molecule has 0 heterocycles. The van der Waals surface area contributed by atoms with Gasteiger partial charge in [-0.2, -0.15) is 5.26 Å². The number of nitrogens with one attached hydrogen (secondary N) is 1. The molecule has 58 valence electrons. The largest absolute Gasteiger partial charge is 0.309 e. The van der Waals surface area contributed by atoms with Gasteiger partial charge >= 0.3 is 0 Å². The number of nitriles is 1. The van der Waals surface area contributed by atoms with Crippen LogP contribution in [0.25, 0.3) is 0 Å². The zero-order valence-corrected chi connectivity index (χ0v) is 6.46. The summed E-state index contributed by atoms with van der Waals surface area (Å²) in [6, 6.07) is 2.54. The van der Waals surface area contributed by atoms with Crippen LogP contribution in [0.3, 0.4) is 0 Å². The highest BCUT2D eigenvalue weighted by Gasteiger charge is 2.01. The van der Waals surface area contributed by atoms with E-state index in [4.69, 9.17) is 5.26 Å². The fourth-order valence-electron chi connectivity index (χ4n) is 1.05. The minimum atomic E-state index is 0.438. The Labute approximate surface area is 67.2 Å². The lowest BCUT2D eigenvalue weighted by Crippen LogP contribution is -2.28. The summed E-state index contributed by atoms with van der Waals surface area (Å²) in [5, 5.41) is 11.5. The molecular weight excluding hydrogens is 136 g/mol. The van der Waals surface area contributed by atoms with E-state index in [0.717, 1.165) is 13.0 Å². The van der Waals surface area contributed by atoms with Gasteiger partial charge in [-0.25, -0.2) is 0 Å². The van der Waals surface area contributed by atoms with Gasteiger partial charge in [0.05, 0.1) is 6.07 Å². The second-order valence-electron chi connectivity index (χ2n) is 2.52. The van der Waals surface area contributed by atoms with Crippen molar-refractivity contribution in [3.63, 3.8) is 0 Å². The van der Waals surface area contributed by atoms with Crippen molar-refractivity contribution < 1.29 is 0 Å². The van der Waals surface area contributed by atoms with E-state index in [1.807, 2.05) is 12.2 Å². The maximum absolute atomic E-state index is 8.27. The first-order valence-corrected chi connectivity index (χ1v) is 3.87. The molecule has 0 aromatic rings. The molecule has 0 aromatic heterocycles. The first-order chi connectivity index (χ1) is 5.43. The molecule has 1 aliphatic rings. The SMILES string of the molecule is N#CCCNC1C=CC=CC1. The van der Waals surface area contributed by atoms with Crippen molar-refractivity contribution in [1.29, 1.82) is 5.26 Å². The van der Waals surface area contributed by atoms with Gasteiger partial charge in [0.2, 0.25) is 0 Å². The zero-order valence-electron chi connectivity index (χ0n) is 6.46. The minimum Gasteiger partial charge on any atom is -0.309 e. The first kappa shape index (κ1) is 8.03. The molecule has 0 bridgehead atoms. The lowest BCUT2D eigenvalue weighted by molar-refractivity contribution is 0.602. The average molecular weight is 148 g/mol. The maximum atomic E-state index is 8.27. The number of hydrogen-bond donors (Lipinski definition) is 1. The van der Waals surface area contributed by atoms with Gasteiger partial charge in [0.25, 0.3) is 0 Å². The van der Waals surface area contributed by atoms with Crippen molar-refractivity contribution in [2.24, 2.45) is 0 Å². The third-order valence-electron chi connectivity index (χ3n) is 1.62. The van der Waals surface area contributed by atoms with Gasteiger partial charge in [0.1, 0.15) is 0 Å². The monoisotopic (exact) mass is 148 g/mol. The van der Waals surface area contributed by atoms with Crippen LogP contribution in [0.2, 0.25) is 0 Å². The van der Waals surface area contributed by atoms with Crippen molar-refractivity contribution >= 4 is 0 Å². The summed E-state index contributed by atoms with van der Waals surface area (Å²) in [7, 11) is 0. The summed E-state index contributed by atoms with van der Waals surface area (Å²) in [4.78, 5) is 0. The highest BCUT2D eigenvalue weighted by Crippen LogP contribution is 2.01. The van der Waals surface area contributed by atoms with Crippen molar-refractivity contribution in [2.75, 3.05) is 6.54 Å². The second kappa shape index (κ2) is 4.70. The summed E-state index contributed by atoms with van der Waals surface area (Å²) in [5.41, 5.74) is 0. The molecule has 2 heteroatoms. The summed E-state index contributed by atoms with van der Waals surface area (Å²) >= 11 is 0. The van der Waals surface area contributed by atoms with Gasteiger partial charge in [0, 0.05) is 19.0 Å². The molecule has 0 spiro atoms. The summed E-state index contributed by atoms with van der Waals surface area (Å²) in [5.74, 6) is 0. The lowest BCUT2D eigenvalue weighted by atomic mass is 10.1. The Morgan fingerprint density at radius 3 is 3.09 bits per heavy atom. The molecule has 1 unspecified atom stereocenters. The predicted molar refractivity (Wildman–Crippen MR) is 44.9 cm³/mol. The Kier molecular flexibility index (Phi) is 3.43. The van der Waals surface area contributed by atoms with Crippen LogP contribution in [0.4, 0.5) is 0 Å². The Hall–Kier alpha value is -1.07. The molecule has 0 amide bonds. The number of rotatable bonds is 3. The predicted octanol–water partition coefficient (Wildman–Crippen LogP) is 1.37. The molecule has 0 fully saturated rings. The van der Waals surface area contributed by atoms with Gasteiger partial charge in [-0.3, -0.25) is 0 Å². The molecule has 0 aromatic carbocycles. The zero-order chi connectivity index (χ0) is 7.94. The van der Waals surface area contributed by atoms with Crippen LogP contribution in [0.5, 0.6) is 0 Å². The van der Waals surface area contributed by atoms with Crippen LogP contribution in [0.15, 0.2) is 24.3 Å². The van der Waals surface area contributed by atoms with Crippen LogP contribution < -0.4 is 5.32 Å². The molecule has 2 nitrogen and oxygen atoms in total. The van der Waals surface area contributed by atoms with Gasteiger partial charge in [-0.1, -0.05) is 24.3 Å². The normalized spacial score (nSPS) is 21.5. The topological polar surface area (TPSA) is 35.8 Å². The van der Waals surface area contributed by atoms with E-state index in [0.29, 0.717) is 12.5 Å². The molecule has 1 N–H and O–H groups in total. The second-order valence-corrected chi connectivity index (χ2v) is 2.52. The van der Waals surface area contributed by atoms with Crippen LogP contribution in [0, 0.1) is 11.3 Å². The van der Waals surface area contributed by atoms with E-state index in [9.17, 15) is 0 Å². The third-order valence-corrected chi connectivity index (χ3v) is 1.62. The van der Waals surface area contributed by atoms with E-state index < -0.39 is 0 Å². The summed E-state index contributed by atoms with van der Waals surface area (Å²) in [6.07, 6.45) is 9.97. The first-order valence-electron chi connectivity index (χ1n) is 3.87. The van der Waals surface area contributed by atoms with E-state index in [1.54, 1.807) is 0 Å². The molecule has 1 rings (SSSR count). The van der Waals surface area contributed by atoms with E-state index in [1.165, 1.54) is 0 Å². The van der Waals surface area contributed by atoms with Gasteiger partial charge < -0.3 is 5.32 Å². The fourth-order valence-corrected chi connectivity index (χ4v) is 1.05. The molecular formula is C9H12N2. The van der Waals surface area contributed by atoms with Gasteiger partial charge in [-0.15, -0.1) is 0 Å². The highest BCUT2D eigenvalue weighted by atomic mass is 14.9. The van der Waals surface area contributed by atoms with E-state index in [2.05, 4.69) is 23.5 Å². The maximum Gasteiger partial charge on any atom is 0.0635 e. The van der Waals surface area contributed by atoms with Gasteiger partial charge in [-0.05, 0) is 6.42 Å². The standard InChI is InChI=1S/C9H12N2/c10-7-4-8-11-9-5-2-1-3-6-9/h1-3,5,9,11H,4,6,8H2. The van der Waals surface area contributed by atoms with E-state index >= 15 is 0 Å². The molecule has 0 radical (unpaired) electrons. The van der Waals surface area contributed by atoms with E-state index in [-0.39, 0.29) is 0 Å². The molecule has 0 saturated carbocycles. The average Bonchev–Trinajstić information content (AvgIpc) is 2.07. The number of nitrogens with zero attached hydrogens (tertiary/aromatic N) is 1. The molecule has 0 aliphatic heterocycles. The highest BCUT2D eigenvalue weighted by molar-refractivity contribution is 5.13. The summed E-state index contributed by atoms with van der Waals surface area (Å²) < 4.78 is 0. The third kappa shape index (κ3) is 3.01. The Bertz CT molecular complexity index is 198. The quantitative estimate of drug-likeness (QED) is 0.614. The number of hydrogen-bond acceptors (Lipinski definition) is 2. The van der Waals surface area contributed by atoms with Crippen LogP contribution in [-0.4, -0.2) is 12.6 Å². The fraction of sp³-hybridized carbons (Fsp3) is 0.444. The summed E-state index contributed by atoms with van der Waals surface area (Å²) in [6.45, 7) is 0.791. The smallest absolute Gasteiger partial charge is 0.0635 e. The van der Waals surface area contributed by atoms with Crippen LogP contribution in [-0.2, 0) is 0 Å². The lowest BCUT2D eigenvalue weighted by Gasteiger charge is -2.13. The number of allylic oxidation sites excluding steroid dienone is 2. The molecule has 1 aliphatic carbocycles.